The minimum atomic E-state index is -2.72. The maximum absolute atomic E-state index is 13.1. The second-order valence-corrected chi connectivity index (χ2v) is 8.70. The van der Waals surface area contributed by atoms with Crippen molar-refractivity contribution in [3.05, 3.63) is 76.3 Å². The molecule has 0 bridgehead atoms. The summed E-state index contributed by atoms with van der Waals surface area (Å²) >= 11 is 6.40. The van der Waals surface area contributed by atoms with Gasteiger partial charge in [-0.2, -0.15) is 0 Å². The number of hydrogen-bond acceptors (Lipinski definition) is 5. The molecule has 2 aliphatic rings. The Morgan fingerprint density at radius 2 is 2.03 bits per heavy atom. The van der Waals surface area contributed by atoms with Crippen molar-refractivity contribution < 1.29 is 22.8 Å². The van der Waals surface area contributed by atoms with E-state index >= 15 is 0 Å². The zero-order chi connectivity index (χ0) is 23.2. The molecule has 0 saturated heterocycles. The van der Waals surface area contributed by atoms with Gasteiger partial charge in [0.15, 0.2) is 11.6 Å². The van der Waals surface area contributed by atoms with Gasteiger partial charge in [0.25, 0.3) is 5.91 Å². The first-order valence-electron chi connectivity index (χ1n) is 10.4. The largest absolute Gasteiger partial charge is 0.459 e. The summed E-state index contributed by atoms with van der Waals surface area (Å²) < 4.78 is 31.2. The van der Waals surface area contributed by atoms with Gasteiger partial charge in [0.05, 0.1) is 12.0 Å². The van der Waals surface area contributed by atoms with Gasteiger partial charge in [-0.25, -0.2) is 18.8 Å². The SMILES string of the molecule is O=C(Nc1ccc(Cl)c(C2=Nc3ncc(CC(=O)C4CC(F)(F)C4)cc3C2)c1)c1ccco1. The Bertz CT molecular complexity index is 1280. The number of benzene rings is 1. The molecule has 2 aromatic heterocycles. The van der Waals surface area contributed by atoms with Gasteiger partial charge >= 0.3 is 0 Å². The molecule has 0 unspecified atom stereocenters. The summed E-state index contributed by atoms with van der Waals surface area (Å²) in [6, 6.07) is 10.1. The van der Waals surface area contributed by atoms with Crippen LogP contribution in [-0.2, 0) is 17.6 Å². The zero-order valence-electron chi connectivity index (χ0n) is 17.3. The third kappa shape index (κ3) is 4.43. The van der Waals surface area contributed by atoms with Crippen molar-refractivity contribution in [3.63, 3.8) is 0 Å². The molecule has 3 heterocycles. The molecule has 1 aromatic carbocycles. The zero-order valence-corrected chi connectivity index (χ0v) is 18.0. The minimum Gasteiger partial charge on any atom is -0.459 e. The Morgan fingerprint density at radius 3 is 2.76 bits per heavy atom. The molecule has 1 fully saturated rings. The molecule has 9 heteroatoms. The number of rotatable bonds is 6. The number of carbonyl (C=O) groups is 2. The maximum atomic E-state index is 13.1. The molecule has 33 heavy (non-hydrogen) atoms. The smallest absolute Gasteiger partial charge is 0.291 e. The first-order chi connectivity index (χ1) is 15.8. The molecule has 1 amide bonds. The van der Waals surface area contributed by atoms with Crippen LogP contribution in [0.5, 0.6) is 0 Å². The number of furan rings is 1. The van der Waals surface area contributed by atoms with E-state index in [1.807, 2.05) is 6.07 Å². The molecule has 168 valence electrons. The summed E-state index contributed by atoms with van der Waals surface area (Å²) in [5.41, 5.74) is 3.37. The molecule has 0 spiro atoms. The number of Topliss-reactive ketones (excluding diaryl/α,β-unsaturated/α-hetero) is 1. The number of anilines is 1. The minimum absolute atomic E-state index is 0.0748. The van der Waals surface area contributed by atoms with Crippen LogP contribution in [-0.4, -0.2) is 28.3 Å². The molecular formula is C24H18ClF2N3O3. The lowest BCUT2D eigenvalue weighted by Crippen LogP contribution is -2.40. The summed E-state index contributed by atoms with van der Waals surface area (Å²) in [6.45, 7) is 0. The summed E-state index contributed by atoms with van der Waals surface area (Å²) in [6.07, 6.45) is 2.75. The first kappa shape index (κ1) is 21.5. The fraction of sp³-hybridized carbons (Fsp3) is 0.250. The number of carbonyl (C=O) groups excluding carboxylic acids is 2. The average molecular weight is 470 g/mol. The molecule has 0 radical (unpaired) electrons. The number of amides is 1. The average Bonchev–Trinajstić information content (AvgIpc) is 3.43. The topological polar surface area (TPSA) is 84.6 Å². The summed E-state index contributed by atoms with van der Waals surface area (Å²) in [4.78, 5) is 33.4. The second kappa shape index (κ2) is 8.19. The number of alkyl halides is 2. The highest BCUT2D eigenvalue weighted by Gasteiger charge is 2.48. The third-order valence-electron chi connectivity index (χ3n) is 5.80. The lowest BCUT2D eigenvalue weighted by molar-refractivity contribution is -0.147. The van der Waals surface area contributed by atoms with E-state index in [4.69, 9.17) is 16.0 Å². The van der Waals surface area contributed by atoms with E-state index in [1.54, 1.807) is 36.5 Å². The fourth-order valence-electron chi connectivity index (χ4n) is 4.04. The van der Waals surface area contributed by atoms with E-state index in [9.17, 15) is 18.4 Å². The predicted molar refractivity (Wildman–Crippen MR) is 119 cm³/mol. The van der Waals surface area contributed by atoms with Gasteiger partial charge in [0, 0.05) is 59.6 Å². The Hall–Kier alpha value is -3.39. The van der Waals surface area contributed by atoms with E-state index < -0.39 is 11.8 Å². The summed E-state index contributed by atoms with van der Waals surface area (Å²) in [5.74, 6) is -3.16. The second-order valence-electron chi connectivity index (χ2n) is 8.29. The maximum Gasteiger partial charge on any atom is 0.291 e. The van der Waals surface area contributed by atoms with Crippen LogP contribution in [0.25, 0.3) is 0 Å². The van der Waals surface area contributed by atoms with Crippen LogP contribution in [0.3, 0.4) is 0 Å². The molecule has 1 aliphatic heterocycles. The van der Waals surface area contributed by atoms with Crippen molar-refractivity contribution in [1.82, 2.24) is 4.98 Å². The number of hydrogen-bond donors (Lipinski definition) is 1. The van der Waals surface area contributed by atoms with E-state index in [0.717, 1.165) is 5.56 Å². The van der Waals surface area contributed by atoms with Crippen LogP contribution >= 0.6 is 11.6 Å². The van der Waals surface area contributed by atoms with Crippen molar-refractivity contribution in [3.8, 4) is 0 Å². The monoisotopic (exact) mass is 469 g/mol. The number of ketones is 1. The number of halogens is 3. The van der Waals surface area contributed by atoms with Gasteiger partial charge in [-0.05, 0) is 42.0 Å². The molecule has 0 atom stereocenters. The standard InChI is InChI=1S/C24H18ClF2N3O3/c25-18-4-3-16(29-23(32)21-2-1-5-33-21)9-17(18)19-8-14-6-13(12-28-22(14)30-19)7-20(31)15-10-24(26,27)11-15/h1-6,9,12,15H,7-8,10-11H2,(H,29,32). The van der Waals surface area contributed by atoms with E-state index in [2.05, 4.69) is 15.3 Å². The van der Waals surface area contributed by atoms with Gasteiger partial charge in [-0.15, -0.1) is 0 Å². The highest BCUT2D eigenvalue weighted by Crippen LogP contribution is 2.43. The molecule has 3 aromatic rings. The molecule has 1 saturated carbocycles. The van der Waals surface area contributed by atoms with Crippen molar-refractivity contribution in [2.75, 3.05) is 5.32 Å². The predicted octanol–water partition coefficient (Wildman–Crippen LogP) is 5.41. The van der Waals surface area contributed by atoms with E-state index in [0.29, 0.717) is 39.8 Å². The Kier molecular flexibility index (Phi) is 5.32. The van der Waals surface area contributed by atoms with Gasteiger partial charge in [0.2, 0.25) is 5.92 Å². The number of pyridine rings is 1. The third-order valence-corrected chi connectivity index (χ3v) is 6.13. The van der Waals surface area contributed by atoms with Gasteiger partial charge in [-0.1, -0.05) is 11.6 Å². The summed E-state index contributed by atoms with van der Waals surface area (Å²) in [7, 11) is 0. The van der Waals surface area contributed by atoms with E-state index in [1.165, 1.54) is 6.26 Å². The van der Waals surface area contributed by atoms with Crippen molar-refractivity contribution >= 4 is 40.5 Å². The van der Waals surface area contributed by atoms with Crippen LogP contribution in [0.4, 0.5) is 20.3 Å². The summed E-state index contributed by atoms with van der Waals surface area (Å²) in [5, 5.41) is 3.23. The lowest BCUT2D eigenvalue weighted by atomic mass is 9.77. The highest BCUT2D eigenvalue weighted by molar-refractivity contribution is 6.34. The van der Waals surface area contributed by atoms with Crippen LogP contribution in [0, 0.1) is 5.92 Å². The Labute approximate surface area is 192 Å². The quantitative estimate of drug-likeness (QED) is 0.522. The Balaban J connectivity index is 1.29. The van der Waals surface area contributed by atoms with Gasteiger partial charge in [-0.3, -0.25) is 9.59 Å². The molecular weight excluding hydrogens is 452 g/mol. The van der Waals surface area contributed by atoms with Crippen LogP contribution < -0.4 is 5.32 Å². The van der Waals surface area contributed by atoms with Crippen LogP contribution in [0.2, 0.25) is 5.02 Å². The molecule has 1 aliphatic carbocycles. The van der Waals surface area contributed by atoms with Gasteiger partial charge in [0.1, 0.15) is 5.78 Å². The number of nitrogens with zero attached hydrogens (tertiary/aromatic N) is 2. The van der Waals surface area contributed by atoms with Crippen LogP contribution in [0.15, 0.2) is 58.3 Å². The number of nitrogens with one attached hydrogen (secondary N) is 1. The number of aromatic nitrogens is 1. The number of fused-ring (bicyclic) bond motifs is 1. The lowest BCUT2D eigenvalue weighted by Gasteiger charge is -2.33. The van der Waals surface area contributed by atoms with Crippen molar-refractivity contribution in [2.45, 2.75) is 31.6 Å². The molecule has 5 rings (SSSR count). The fourth-order valence-corrected chi connectivity index (χ4v) is 4.27. The van der Waals surface area contributed by atoms with Crippen molar-refractivity contribution in [1.29, 1.82) is 0 Å². The molecule has 6 nitrogen and oxygen atoms in total. The van der Waals surface area contributed by atoms with Crippen LogP contribution in [0.1, 0.15) is 40.1 Å². The van der Waals surface area contributed by atoms with E-state index in [-0.39, 0.29) is 36.7 Å². The van der Waals surface area contributed by atoms with Gasteiger partial charge < -0.3 is 9.73 Å². The Morgan fingerprint density at radius 1 is 1.21 bits per heavy atom. The normalized spacial score (nSPS) is 16.6. The number of aliphatic imine (C=N–C) groups is 1. The highest BCUT2D eigenvalue weighted by atomic mass is 35.5. The molecule has 1 N–H and O–H groups in total. The van der Waals surface area contributed by atoms with Crippen molar-refractivity contribution in [2.24, 2.45) is 10.9 Å². The first-order valence-corrected chi connectivity index (χ1v) is 10.8.